The fourth-order valence-corrected chi connectivity index (χ4v) is 1.65. The number of amides is 1. The van der Waals surface area contributed by atoms with Gasteiger partial charge in [-0.25, -0.2) is 4.39 Å². The monoisotopic (exact) mass is 292 g/mol. The van der Waals surface area contributed by atoms with Gasteiger partial charge in [-0.3, -0.25) is 4.79 Å². The van der Waals surface area contributed by atoms with Gasteiger partial charge in [-0.15, -0.1) is 0 Å². The average molecular weight is 292 g/mol. The second-order valence-corrected chi connectivity index (χ2v) is 4.65. The van der Waals surface area contributed by atoms with Crippen LogP contribution in [-0.4, -0.2) is 30.9 Å². The molecule has 1 atom stereocenters. The second kappa shape index (κ2) is 6.21. The Labute approximate surface area is 114 Å². The van der Waals surface area contributed by atoms with E-state index in [2.05, 4.69) is 5.32 Å². The van der Waals surface area contributed by atoms with E-state index < -0.39 is 23.6 Å². The number of carbonyl (C=O) groups excluding carboxylic acids is 1. The Bertz CT molecular complexity index is 486. The van der Waals surface area contributed by atoms with Crippen LogP contribution in [0.3, 0.4) is 0 Å². The Hall–Kier alpha value is -1.63. The van der Waals surface area contributed by atoms with Crippen molar-refractivity contribution in [2.24, 2.45) is 0 Å². The van der Waals surface area contributed by atoms with E-state index in [1.54, 1.807) is 21.0 Å². The molecule has 0 spiro atoms. The van der Waals surface area contributed by atoms with Crippen LogP contribution in [-0.2, 0) is 17.5 Å². The minimum absolute atomic E-state index is 0.0457. The average Bonchev–Trinajstić information content (AvgIpc) is 2.34. The molecule has 1 unspecified atom stereocenters. The fourth-order valence-electron chi connectivity index (χ4n) is 1.65. The highest BCUT2D eigenvalue weighted by atomic mass is 19.4. The van der Waals surface area contributed by atoms with E-state index >= 15 is 0 Å². The van der Waals surface area contributed by atoms with Crippen LogP contribution in [0.1, 0.15) is 18.1 Å². The molecule has 0 aliphatic heterocycles. The molecule has 7 heteroatoms. The SMILES string of the molecule is CC(NCc1ccc(F)c(C(F)(F)F)c1)C(=O)N(C)C. The summed E-state index contributed by atoms with van der Waals surface area (Å²) in [6.07, 6.45) is -4.73. The maximum atomic E-state index is 13.1. The number of nitrogens with zero attached hydrogens (tertiary/aromatic N) is 1. The maximum absolute atomic E-state index is 13.1. The summed E-state index contributed by atoms with van der Waals surface area (Å²) in [7, 11) is 3.17. The van der Waals surface area contributed by atoms with Crippen LogP contribution < -0.4 is 5.32 Å². The molecule has 0 heterocycles. The molecule has 112 valence electrons. The highest BCUT2D eigenvalue weighted by Crippen LogP contribution is 2.31. The molecule has 0 aliphatic carbocycles. The number of likely N-dealkylation sites (N-methyl/N-ethyl adjacent to an activating group) is 1. The van der Waals surface area contributed by atoms with E-state index in [-0.39, 0.29) is 18.0 Å². The van der Waals surface area contributed by atoms with Gasteiger partial charge in [0.1, 0.15) is 5.82 Å². The molecular weight excluding hydrogens is 276 g/mol. The van der Waals surface area contributed by atoms with Gasteiger partial charge in [-0.2, -0.15) is 13.2 Å². The number of alkyl halides is 3. The molecule has 1 aromatic carbocycles. The Morgan fingerprint density at radius 1 is 1.35 bits per heavy atom. The second-order valence-electron chi connectivity index (χ2n) is 4.65. The molecule has 1 N–H and O–H groups in total. The van der Waals surface area contributed by atoms with Gasteiger partial charge in [0.25, 0.3) is 0 Å². The molecule has 0 radical (unpaired) electrons. The van der Waals surface area contributed by atoms with Gasteiger partial charge in [0.2, 0.25) is 5.91 Å². The molecule has 0 saturated carbocycles. The Morgan fingerprint density at radius 3 is 2.45 bits per heavy atom. The van der Waals surface area contributed by atoms with Crippen molar-refractivity contribution in [3.05, 3.63) is 35.1 Å². The first-order chi connectivity index (χ1) is 9.12. The minimum atomic E-state index is -4.73. The molecule has 20 heavy (non-hydrogen) atoms. The molecule has 0 bridgehead atoms. The molecule has 0 saturated heterocycles. The first-order valence-electron chi connectivity index (χ1n) is 5.93. The van der Waals surface area contributed by atoms with Crippen molar-refractivity contribution in [3.63, 3.8) is 0 Å². The van der Waals surface area contributed by atoms with E-state index in [9.17, 15) is 22.4 Å². The zero-order valence-electron chi connectivity index (χ0n) is 11.4. The third-order valence-corrected chi connectivity index (χ3v) is 2.76. The number of halogens is 4. The molecule has 1 aromatic rings. The number of benzene rings is 1. The van der Waals surface area contributed by atoms with Crippen molar-refractivity contribution >= 4 is 5.91 Å². The van der Waals surface area contributed by atoms with Crippen molar-refractivity contribution in [3.8, 4) is 0 Å². The molecule has 1 amide bonds. The van der Waals surface area contributed by atoms with Crippen molar-refractivity contribution < 1.29 is 22.4 Å². The lowest BCUT2D eigenvalue weighted by Gasteiger charge is -2.18. The summed E-state index contributed by atoms with van der Waals surface area (Å²) in [4.78, 5) is 12.9. The van der Waals surface area contributed by atoms with Gasteiger partial charge >= 0.3 is 6.18 Å². The van der Waals surface area contributed by atoms with Crippen LogP contribution in [0.25, 0.3) is 0 Å². The van der Waals surface area contributed by atoms with Gasteiger partial charge in [-0.05, 0) is 24.6 Å². The minimum Gasteiger partial charge on any atom is -0.347 e. The van der Waals surface area contributed by atoms with Gasteiger partial charge < -0.3 is 10.2 Å². The van der Waals surface area contributed by atoms with Crippen molar-refractivity contribution in [2.75, 3.05) is 14.1 Å². The zero-order chi connectivity index (χ0) is 15.5. The number of rotatable bonds is 4. The number of nitrogens with one attached hydrogen (secondary N) is 1. The molecular formula is C13H16F4N2O. The normalized spacial score (nSPS) is 13.2. The molecule has 0 aromatic heterocycles. The highest BCUT2D eigenvalue weighted by Gasteiger charge is 2.34. The Morgan fingerprint density at radius 2 is 1.95 bits per heavy atom. The summed E-state index contributed by atoms with van der Waals surface area (Å²) >= 11 is 0. The quantitative estimate of drug-likeness (QED) is 0.864. The number of carbonyl (C=O) groups is 1. The third kappa shape index (κ3) is 4.19. The highest BCUT2D eigenvalue weighted by molar-refractivity contribution is 5.80. The van der Waals surface area contributed by atoms with Gasteiger partial charge in [0.15, 0.2) is 0 Å². The van der Waals surface area contributed by atoms with Crippen LogP contribution in [0.5, 0.6) is 0 Å². The summed E-state index contributed by atoms with van der Waals surface area (Å²) in [6.45, 7) is 1.65. The van der Waals surface area contributed by atoms with E-state index in [0.29, 0.717) is 0 Å². The predicted octanol–water partition coefficient (Wildman–Crippen LogP) is 2.41. The van der Waals surface area contributed by atoms with Crippen LogP contribution >= 0.6 is 0 Å². The van der Waals surface area contributed by atoms with Crippen molar-refractivity contribution in [1.82, 2.24) is 10.2 Å². The summed E-state index contributed by atoms with van der Waals surface area (Å²) in [6, 6.07) is 2.24. The standard InChI is InChI=1S/C13H16F4N2O/c1-8(12(20)19(2)3)18-7-9-4-5-11(14)10(6-9)13(15,16)17/h4-6,8,18H,7H2,1-3H3. The van der Waals surface area contributed by atoms with Crippen LogP contribution in [0.4, 0.5) is 17.6 Å². The van der Waals surface area contributed by atoms with E-state index in [4.69, 9.17) is 0 Å². The summed E-state index contributed by atoms with van der Waals surface area (Å²) in [5, 5.41) is 2.80. The largest absolute Gasteiger partial charge is 0.419 e. The molecule has 1 rings (SSSR count). The van der Waals surface area contributed by atoms with E-state index in [1.807, 2.05) is 0 Å². The molecule has 0 aliphatic rings. The van der Waals surface area contributed by atoms with Crippen LogP contribution in [0.2, 0.25) is 0 Å². The van der Waals surface area contributed by atoms with Crippen LogP contribution in [0, 0.1) is 5.82 Å². The fraction of sp³-hybridized carbons (Fsp3) is 0.462. The summed E-state index contributed by atoms with van der Waals surface area (Å²) < 4.78 is 50.7. The van der Waals surface area contributed by atoms with Crippen LogP contribution in [0.15, 0.2) is 18.2 Å². The third-order valence-electron chi connectivity index (χ3n) is 2.76. The summed E-state index contributed by atoms with van der Waals surface area (Å²) in [5.74, 6) is -1.50. The van der Waals surface area contributed by atoms with E-state index in [0.717, 1.165) is 12.1 Å². The lowest BCUT2D eigenvalue weighted by atomic mass is 10.1. The number of hydrogen-bond donors (Lipinski definition) is 1. The maximum Gasteiger partial charge on any atom is 0.419 e. The Balaban J connectivity index is 2.78. The predicted molar refractivity (Wildman–Crippen MR) is 66.4 cm³/mol. The molecule has 3 nitrogen and oxygen atoms in total. The van der Waals surface area contributed by atoms with Gasteiger partial charge in [0.05, 0.1) is 11.6 Å². The first kappa shape index (κ1) is 16.4. The summed E-state index contributed by atoms with van der Waals surface area (Å²) in [5.41, 5.74) is -1.04. The topological polar surface area (TPSA) is 32.3 Å². The van der Waals surface area contributed by atoms with Crippen molar-refractivity contribution in [1.29, 1.82) is 0 Å². The van der Waals surface area contributed by atoms with Crippen molar-refractivity contribution in [2.45, 2.75) is 25.7 Å². The smallest absolute Gasteiger partial charge is 0.347 e. The zero-order valence-corrected chi connectivity index (χ0v) is 11.4. The lowest BCUT2D eigenvalue weighted by Crippen LogP contribution is -2.41. The molecule has 0 fully saturated rings. The lowest BCUT2D eigenvalue weighted by molar-refractivity contribution is -0.140. The van der Waals surface area contributed by atoms with E-state index in [1.165, 1.54) is 11.0 Å². The Kier molecular flexibility index (Phi) is 5.10. The van der Waals surface area contributed by atoms with Gasteiger partial charge in [-0.1, -0.05) is 6.07 Å². The van der Waals surface area contributed by atoms with Gasteiger partial charge in [0, 0.05) is 20.6 Å². The number of hydrogen-bond acceptors (Lipinski definition) is 2. The first-order valence-corrected chi connectivity index (χ1v) is 5.93.